The number of hydrogen-bond acceptors (Lipinski definition) is 4. The molecule has 5 nitrogen and oxygen atoms in total. The number of anilines is 1. The molecule has 0 aliphatic rings. The minimum absolute atomic E-state index is 0.244. The summed E-state index contributed by atoms with van der Waals surface area (Å²) in [6, 6.07) is 5.32. The van der Waals surface area contributed by atoms with Gasteiger partial charge in [0, 0.05) is 12.2 Å². The van der Waals surface area contributed by atoms with Crippen molar-refractivity contribution in [2.24, 2.45) is 0 Å². The summed E-state index contributed by atoms with van der Waals surface area (Å²) in [5.41, 5.74) is 0.825. The van der Waals surface area contributed by atoms with E-state index >= 15 is 0 Å². The number of hydrogen-bond donors (Lipinski definition) is 3. The lowest BCUT2D eigenvalue weighted by atomic mass is 9.98. The molecule has 6 heteroatoms. The lowest BCUT2D eigenvalue weighted by Gasteiger charge is -2.25. The number of aliphatic hydroxyl groups is 1. The molecule has 3 N–H and O–H groups in total. The van der Waals surface area contributed by atoms with Crippen LogP contribution in [-0.2, 0) is 0 Å². The highest BCUT2D eigenvalue weighted by atomic mass is 32.1. The van der Waals surface area contributed by atoms with Crippen molar-refractivity contribution < 1.29 is 9.90 Å². The van der Waals surface area contributed by atoms with Crippen LogP contribution in [0.3, 0.4) is 0 Å². The molecule has 2 aromatic rings. The van der Waals surface area contributed by atoms with E-state index in [1.807, 2.05) is 39.0 Å². The number of carbonyl (C=O) groups excluding carboxylic acids is 1. The zero-order chi connectivity index (χ0) is 15.5. The highest BCUT2D eigenvalue weighted by Gasteiger charge is 2.22. The fourth-order valence-electron chi connectivity index (χ4n) is 2.04. The van der Waals surface area contributed by atoms with Crippen molar-refractivity contribution in [1.82, 2.24) is 10.3 Å². The van der Waals surface area contributed by atoms with Gasteiger partial charge in [-0.25, -0.2) is 9.78 Å². The van der Waals surface area contributed by atoms with Crippen LogP contribution in [0.4, 0.5) is 10.5 Å². The van der Waals surface area contributed by atoms with Crippen LogP contribution in [0.25, 0.3) is 10.2 Å². The smallest absolute Gasteiger partial charge is 0.319 e. The molecule has 1 heterocycles. The second kappa shape index (κ2) is 6.41. The average molecular weight is 307 g/mol. The van der Waals surface area contributed by atoms with Gasteiger partial charge in [-0.15, -0.1) is 11.3 Å². The lowest BCUT2D eigenvalue weighted by molar-refractivity contribution is 0.0354. The average Bonchev–Trinajstić information content (AvgIpc) is 2.84. The largest absolute Gasteiger partial charge is 0.388 e. The second-order valence-corrected chi connectivity index (χ2v) is 6.39. The molecule has 0 bridgehead atoms. The van der Waals surface area contributed by atoms with Gasteiger partial charge in [-0.05, 0) is 38.0 Å². The fourth-order valence-corrected chi connectivity index (χ4v) is 2.90. The highest BCUT2D eigenvalue weighted by molar-refractivity contribution is 7.18. The number of aryl methyl sites for hydroxylation is 1. The molecular formula is C15H21N3O2S. The predicted octanol–water partition coefficient (Wildman–Crippen LogP) is 3.28. The van der Waals surface area contributed by atoms with Crippen LogP contribution < -0.4 is 10.6 Å². The number of aromatic nitrogens is 1. The summed E-state index contributed by atoms with van der Waals surface area (Å²) in [4.78, 5) is 16.3. The minimum atomic E-state index is -0.837. The topological polar surface area (TPSA) is 74.2 Å². The van der Waals surface area contributed by atoms with Gasteiger partial charge in [-0.3, -0.25) is 0 Å². The van der Waals surface area contributed by atoms with Crippen molar-refractivity contribution in [1.29, 1.82) is 0 Å². The molecule has 114 valence electrons. The van der Waals surface area contributed by atoms with E-state index < -0.39 is 5.60 Å². The molecule has 0 atom stereocenters. The number of benzene rings is 1. The van der Waals surface area contributed by atoms with Gasteiger partial charge in [0.1, 0.15) is 0 Å². The maximum atomic E-state index is 11.9. The van der Waals surface area contributed by atoms with Crippen molar-refractivity contribution in [3.05, 3.63) is 23.2 Å². The van der Waals surface area contributed by atoms with Gasteiger partial charge in [0.2, 0.25) is 0 Å². The van der Waals surface area contributed by atoms with Gasteiger partial charge in [-0.2, -0.15) is 0 Å². The molecule has 0 fully saturated rings. The Balaban J connectivity index is 1.97. The third-order valence-electron chi connectivity index (χ3n) is 3.65. The maximum absolute atomic E-state index is 11.9. The van der Waals surface area contributed by atoms with Crippen LogP contribution in [0.2, 0.25) is 0 Å². The number of fused-ring (bicyclic) bond motifs is 1. The monoisotopic (exact) mass is 307 g/mol. The molecule has 1 aromatic carbocycles. The van der Waals surface area contributed by atoms with Crippen LogP contribution in [-0.4, -0.2) is 28.3 Å². The molecule has 0 saturated carbocycles. The standard InChI is InChI=1S/C15H21N3O2S/c1-4-15(20,5-2)9-16-14(19)18-11-6-7-12-13(8-11)21-10(3)17-12/h6-8,20H,4-5,9H2,1-3H3,(H2,16,18,19). The van der Waals surface area contributed by atoms with Crippen molar-refractivity contribution in [2.45, 2.75) is 39.2 Å². The van der Waals surface area contributed by atoms with Crippen LogP contribution in [0.1, 0.15) is 31.7 Å². The predicted molar refractivity (Wildman–Crippen MR) is 86.9 cm³/mol. The first-order valence-electron chi connectivity index (χ1n) is 7.10. The number of rotatable bonds is 5. The number of urea groups is 1. The molecule has 0 radical (unpaired) electrons. The molecule has 2 rings (SSSR count). The van der Waals surface area contributed by atoms with E-state index in [1.165, 1.54) is 0 Å². The number of carbonyl (C=O) groups is 1. The zero-order valence-corrected chi connectivity index (χ0v) is 13.4. The summed E-state index contributed by atoms with van der Waals surface area (Å²) >= 11 is 1.60. The summed E-state index contributed by atoms with van der Waals surface area (Å²) in [7, 11) is 0. The van der Waals surface area contributed by atoms with Gasteiger partial charge < -0.3 is 15.7 Å². The van der Waals surface area contributed by atoms with Crippen molar-refractivity contribution >= 4 is 33.3 Å². The number of thiazole rings is 1. The SMILES string of the molecule is CCC(O)(CC)CNC(=O)Nc1ccc2nc(C)sc2c1. The number of nitrogens with one attached hydrogen (secondary N) is 2. The van der Waals surface area contributed by atoms with Gasteiger partial charge in [0.05, 0.1) is 20.8 Å². The first-order valence-corrected chi connectivity index (χ1v) is 7.92. The van der Waals surface area contributed by atoms with Crippen LogP contribution in [0.5, 0.6) is 0 Å². The first kappa shape index (κ1) is 15.7. The van der Waals surface area contributed by atoms with Gasteiger partial charge in [0.25, 0.3) is 0 Å². The van der Waals surface area contributed by atoms with Crippen LogP contribution in [0.15, 0.2) is 18.2 Å². The van der Waals surface area contributed by atoms with E-state index in [2.05, 4.69) is 15.6 Å². The highest BCUT2D eigenvalue weighted by Crippen LogP contribution is 2.24. The Morgan fingerprint density at radius 1 is 1.38 bits per heavy atom. The van der Waals surface area contributed by atoms with E-state index in [1.54, 1.807) is 11.3 Å². The van der Waals surface area contributed by atoms with E-state index in [9.17, 15) is 9.90 Å². The fraction of sp³-hybridized carbons (Fsp3) is 0.467. The Morgan fingerprint density at radius 2 is 2.10 bits per heavy atom. The second-order valence-electron chi connectivity index (χ2n) is 5.15. The summed E-state index contributed by atoms with van der Waals surface area (Å²) in [5, 5.41) is 16.6. The van der Waals surface area contributed by atoms with Crippen LogP contribution >= 0.6 is 11.3 Å². The lowest BCUT2D eigenvalue weighted by Crippen LogP contribution is -2.43. The molecular weight excluding hydrogens is 286 g/mol. The Kier molecular flexibility index (Phi) is 4.80. The normalized spacial score (nSPS) is 11.6. The minimum Gasteiger partial charge on any atom is -0.388 e. The molecule has 0 unspecified atom stereocenters. The molecule has 0 aliphatic carbocycles. The Morgan fingerprint density at radius 3 is 2.76 bits per heavy atom. The van der Waals surface area contributed by atoms with Crippen LogP contribution in [0, 0.1) is 6.92 Å². The molecule has 0 spiro atoms. The third kappa shape index (κ3) is 3.92. The Hall–Kier alpha value is -1.66. The zero-order valence-electron chi connectivity index (χ0n) is 12.6. The summed E-state index contributed by atoms with van der Waals surface area (Å²) < 4.78 is 1.05. The van der Waals surface area contributed by atoms with Crippen molar-refractivity contribution in [3.63, 3.8) is 0 Å². The molecule has 0 aliphatic heterocycles. The van der Waals surface area contributed by atoms with E-state index in [-0.39, 0.29) is 12.6 Å². The number of amides is 2. The van der Waals surface area contributed by atoms with E-state index in [4.69, 9.17) is 0 Å². The summed E-state index contributed by atoms with van der Waals surface area (Å²) in [5.74, 6) is 0. The molecule has 2 amide bonds. The number of nitrogens with zero attached hydrogens (tertiary/aromatic N) is 1. The molecule has 1 aromatic heterocycles. The Bertz CT molecular complexity index is 635. The summed E-state index contributed by atoms with van der Waals surface area (Å²) in [6.07, 6.45) is 1.21. The van der Waals surface area contributed by atoms with Gasteiger partial charge in [0.15, 0.2) is 0 Å². The molecule has 0 saturated heterocycles. The first-order chi connectivity index (χ1) is 9.95. The van der Waals surface area contributed by atoms with E-state index in [0.29, 0.717) is 12.8 Å². The van der Waals surface area contributed by atoms with Crippen molar-refractivity contribution in [3.8, 4) is 0 Å². The molecule has 21 heavy (non-hydrogen) atoms. The summed E-state index contributed by atoms with van der Waals surface area (Å²) in [6.45, 7) is 6.01. The third-order valence-corrected chi connectivity index (χ3v) is 4.58. The maximum Gasteiger partial charge on any atom is 0.319 e. The Labute approximate surface area is 128 Å². The van der Waals surface area contributed by atoms with Crippen molar-refractivity contribution in [2.75, 3.05) is 11.9 Å². The quantitative estimate of drug-likeness (QED) is 0.793. The van der Waals surface area contributed by atoms with Gasteiger partial charge >= 0.3 is 6.03 Å². The van der Waals surface area contributed by atoms with Gasteiger partial charge in [-0.1, -0.05) is 13.8 Å². The van der Waals surface area contributed by atoms with E-state index in [0.717, 1.165) is 20.9 Å².